The fourth-order valence-corrected chi connectivity index (χ4v) is 3.06. The van der Waals surface area contributed by atoms with Crippen LogP contribution in [-0.4, -0.2) is 35.1 Å². The Bertz CT molecular complexity index is 1100. The van der Waals surface area contributed by atoms with Crippen molar-refractivity contribution in [1.82, 2.24) is 15.5 Å². The van der Waals surface area contributed by atoms with E-state index in [-0.39, 0.29) is 36.3 Å². The molecule has 2 N–H and O–H groups in total. The second kappa shape index (κ2) is 8.08. The average molecular weight is 407 g/mol. The van der Waals surface area contributed by atoms with Crippen molar-refractivity contribution in [3.63, 3.8) is 0 Å². The number of rotatable bonds is 7. The summed E-state index contributed by atoms with van der Waals surface area (Å²) in [6.45, 7) is -0.0203. The van der Waals surface area contributed by atoms with Crippen molar-refractivity contribution < 1.29 is 28.0 Å². The number of amides is 4. The third kappa shape index (κ3) is 3.86. The number of carbonyl (C=O) groups excluding carboxylic acids is 4. The lowest BCUT2D eigenvalue weighted by Gasteiger charge is -2.11. The fraction of sp³-hybridized carbons (Fsp3) is 0.143. The molecule has 0 saturated heterocycles. The van der Waals surface area contributed by atoms with Gasteiger partial charge in [-0.3, -0.25) is 24.1 Å². The minimum absolute atomic E-state index is 0.0106. The molecule has 0 bridgehead atoms. The molecule has 30 heavy (non-hydrogen) atoms. The van der Waals surface area contributed by atoms with Gasteiger partial charge >= 0.3 is 0 Å². The Labute approximate surface area is 170 Å². The Morgan fingerprint density at radius 3 is 2.27 bits per heavy atom. The molecule has 9 heteroatoms. The van der Waals surface area contributed by atoms with E-state index >= 15 is 0 Å². The van der Waals surface area contributed by atoms with Gasteiger partial charge in [0.2, 0.25) is 5.91 Å². The van der Waals surface area contributed by atoms with Crippen LogP contribution in [0.1, 0.15) is 42.6 Å². The SMILES string of the molecule is O=C(CNC(=O)c1ccc2c(c1)C(=O)N(Cc1ccco1)C2=O)NCc1ccco1. The summed E-state index contributed by atoms with van der Waals surface area (Å²) in [5.74, 6) is -0.806. The maximum atomic E-state index is 12.6. The Morgan fingerprint density at radius 1 is 0.867 bits per heavy atom. The minimum Gasteiger partial charge on any atom is -0.467 e. The van der Waals surface area contributed by atoms with Crippen molar-refractivity contribution in [2.24, 2.45) is 0 Å². The van der Waals surface area contributed by atoms with Gasteiger partial charge in [0, 0.05) is 5.56 Å². The largest absolute Gasteiger partial charge is 0.467 e. The van der Waals surface area contributed by atoms with Crippen LogP contribution in [0.4, 0.5) is 0 Å². The van der Waals surface area contributed by atoms with Gasteiger partial charge < -0.3 is 19.5 Å². The number of fused-ring (bicyclic) bond motifs is 1. The molecule has 152 valence electrons. The number of benzene rings is 1. The molecule has 0 unspecified atom stereocenters. The van der Waals surface area contributed by atoms with Crippen molar-refractivity contribution >= 4 is 23.6 Å². The molecule has 3 heterocycles. The van der Waals surface area contributed by atoms with Gasteiger partial charge in [0.15, 0.2) is 0 Å². The first-order chi connectivity index (χ1) is 14.5. The van der Waals surface area contributed by atoms with Crippen LogP contribution in [0.5, 0.6) is 0 Å². The van der Waals surface area contributed by atoms with Gasteiger partial charge in [0.25, 0.3) is 17.7 Å². The van der Waals surface area contributed by atoms with Gasteiger partial charge in [-0.25, -0.2) is 0 Å². The molecule has 0 aliphatic carbocycles. The summed E-state index contributed by atoms with van der Waals surface area (Å²) in [5.41, 5.74) is 0.536. The minimum atomic E-state index is -0.532. The molecule has 4 amide bonds. The molecule has 0 radical (unpaired) electrons. The molecule has 1 aliphatic heterocycles. The lowest BCUT2D eigenvalue weighted by atomic mass is 10.1. The van der Waals surface area contributed by atoms with Crippen LogP contribution in [0.3, 0.4) is 0 Å². The van der Waals surface area contributed by atoms with Gasteiger partial charge in [-0.2, -0.15) is 0 Å². The fourth-order valence-electron chi connectivity index (χ4n) is 3.06. The lowest BCUT2D eigenvalue weighted by molar-refractivity contribution is -0.120. The van der Waals surface area contributed by atoms with E-state index in [0.29, 0.717) is 11.5 Å². The highest BCUT2D eigenvalue weighted by molar-refractivity contribution is 6.22. The number of nitrogens with one attached hydrogen (secondary N) is 2. The number of carbonyl (C=O) groups is 4. The molecule has 4 rings (SSSR count). The van der Waals surface area contributed by atoms with Crippen LogP contribution in [0.2, 0.25) is 0 Å². The summed E-state index contributed by atoms with van der Waals surface area (Å²) in [5, 5.41) is 5.10. The predicted molar refractivity (Wildman–Crippen MR) is 102 cm³/mol. The highest BCUT2D eigenvalue weighted by Gasteiger charge is 2.36. The zero-order valence-electron chi connectivity index (χ0n) is 15.7. The van der Waals surface area contributed by atoms with E-state index in [1.807, 2.05) is 0 Å². The monoisotopic (exact) mass is 407 g/mol. The van der Waals surface area contributed by atoms with E-state index in [2.05, 4.69) is 10.6 Å². The number of nitrogens with zero attached hydrogens (tertiary/aromatic N) is 1. The highest BCUT2D eigenvalue weighted by Crippen LogP contribution is 2.25. The predicted octanol–water partition coefficient (Wildman–Crippen LogP) is 1.72. The molecule has 3 aromatic rings. The van der Waals surface area contributed by atoms with Crippen LogP contribution < -0.4 is 10.6 Å². The van der Waals surface area contributed by atoms with Gasteiger partial charge in [0.1, 0.15) is 11.5 Å². The summed E-state index contributed by atoms with van der Waals surface area (Å²) in [7, 11) is 0. The normalized spacial score (nSPS) is 12.7. The molecule has 1 aliphatic rings. The molecule has 1 aromatic carbocycles. The summed E-state index contributed by atoms with van der Waals surface area (Å²) in [6, 6.07) is 11.0. The second-order valence-electron chi connectivity index (χ2n) is 6.57. The van der Waals surface area contributed by atoms with E-state index in [0.717, 1.165) is 4.90 Å². The molecular formula is C21H17N3O6. The standard InChI is InChI=1S/C21H17N3O6/c25-18(22-10-14-3-1-7-29-14)11-23-19(26)13-5-6-16-17(9-13)21(28)24(20(16)27)12-15-4-2-8-30-15/h1-9H,10-12H2,(H,22,25)(H,23,26). The summed E-state index contributed by atoms with van der Waals surface area (Å²) < 4.78 is 10.3. The Morgan fingerprint density at radius 2 is 1.57 bits per heavy atom. The van der Waals surface area contributed by atoms with Crippen molar-refractivity contribution in [2.45, 2.75) is 13.1 Å². The summed E-state index contributed by atoms with van der Waals surface area (Å²) in [4.78, 5) is 50.4. The van der Waals surface area contributed by atoms with Crippen molar-refractivity contribution in [3.05, 3.63) is 83.2 Å². The second-order valence-corrected chi connectivity index (χ2v) is 6.57. The molecule has 0 saturated carbocycles. The van der Waals surface area contributed by atoms with Gasteiger partial charge in [-0.05, 0) is 42.5 Å². The van der Waals surface area contributed by atoms with Crippen LogP contribution >= 0.6 is 0 Å². The topological polar surface area (TPSA) is 122 Å². The number of imide groups is 1. The van der Waals surface area contributed by atoms with Crippen molar-refractivity contribution in [2.75, 3.05) is 6.54 Å². The van der Waals surface area contributed by atoms with E-state index in [4.69, 9.17) is 8.83 Å². The molecule has 0 atom stereocenters. The van der Waals surface area contributed by atoms with E-state index in [1.54, 1.807) is 24.3 Å². The Kier molecular flexibility index (Phi) is 5.17. The first-order valence-electron chi connectivity index (χ1n) is 9.13. The maximum absolute atomic E-state index is 12.6. The zero-order chi connectivity index (χ0) is 21.1. The van der Waals surface area contributed by atoms with Crippen molar-refractivity contribution in [3.8, 4) is 0 Å². The zero-order valence-corrected chi connectivity index (χ0v) is 15.7. The smallest absolute Gasteiger partial charge is 0.261 e. The van der Waals surface area contributed by atoms with Crippen LogP contribution in [0, 0.1) is 0 Å². The first-order valence-corrected chi connectivity index (χ1v) is 9.13. The quantitative estimate of drug-likeness (QED) is 0.575. The maximum Gasteiger partial charge on any atom is 0.261 e. The summed E-state index contributed by atoms with van der Waals surface area (Å²) >= 11 is 0. The molecular weight excluding hydrogens is 390 g/mol. The third-order valence-corrected chi connectivity index (χ3v) is 4.58. The number of furan rings is 2. The average Bonchev–Trinajstić information content (AvgIpc) is 3.50. The van der Waals surface area contributed by atoms with Gasteiger partial charge in [0.05, 0.1) is 43.3 Å². The first kappa shape index (κ1) is 19.2. The molecule has 0 fully saturated rings. The van der Waals surface area contributed by atoms with E-state index in [1.165, 1.54) is 30.7 Å². The molecule has 2 aromatic heterocycles. The summed E-state index contributed by atoms with van der Waals surface area (Å²) in [6.07, 6.45) is 2.96. The van der Waals surface area contributed by atoms with Crippen molar-refractivity contribution in [1.29, 1.82) is 0 Å². The number of hydrogen-bond acceptors (Lipinski definition) is 6. The van der Waals surface area contributed by atoms with E-state index < -0.39 is 23.6 Å². The Hall–Kier alpha value is -4.14. The van der Waals surface area contributed by atoms with Crippen LogP contribution in [-0.2, 0) is 17.9 Å². The highest BCUT2D eigenvalue weighted by atomic mass is 16.3. The van der Waals surface area contributed by atoms with E-state index in [9.17, 15) is 19.2 Å². The van der Waals surface area contributed by atoms with Gasteiger partial charge in [-0.15, -0.1) is 0 Å². The Balaban J connectivity index is 1.38. The van der Waals surface area contributed by atoms with Crippen LogP contribution in [0.25, 0.3) is 0 Å². The van der Waals surface area contributed by atoms with Gasteiger partial charge in [-0.1, -0.05) is 0 Å². The number of hydrogen-bond donors (Lipinski definition) is 2. The third-order valence-electron chi connectivity index (χ3n) is 4.58. The lowest BCUT2D eigenvalue weighted by Crippen LogP contribution is -2.36. The molecule has 0 spiro atoms. The molecule has 9 nitrogen and oxygen atoms in total. The van der Waals surface area contributed by atoms with Crippen LogP contribution in [0.15, 0.2) is 63.8 Å².